The van der Waals surface area contributed by atoms with Crippen LogP contribution in [0.4, 0.5) is 0 Å². The van der Waals surface area contributed by atoms with Crippen LogP contribution < -0.4 is 11.2 Å². The van der Waals surface area contributed by atoms with Gasteiger partial charge in [-0.1, -0.05) is 128 Å². The standard InChI is InChI=1S/C33H30BN3/c1-33(21-20-28(22-33)25-14-18-30(34)19-15-25)29-16-12-24(13-17-29)23-36-32(27-10-6-3-7-11-27)37-31(35)26-8-4-2-5-9-26/h2-20H,21-23H2,1H3,(H2,35,36,37). The molecule has 1 atom stereocenters. The zero-order valence-corrected chi connectivity index (χ0v) is 21.1. The molecule has 0 saturated carbocycles. The van der Waals surface area contributed by atoms with Crippen LogP contribution in [0.5, 0.6) is 0 Å². The first-order valence-electron chi connectivity index (χ1n) is 12.6. The van der Waals surface area contributed by atoms with Gasteiger partial charge in [0.05, 0.1) is 6.54 Å². The Kier molecular flexibility index (Phi) is 7.18. The summed E-state index contributed by atoms with van der Waals surface area (Å²) in [6, 6.07) is 36.8. The van der Waals surface area contributed by atoms with Crippen LogP contribution >= 0.6 is 0 Å². The van der Waals surface area contributed by atoms with Gasteiger partial charge in [0.15, 0.2) is 5.84 Å². The fraction of sp³-hybridized carbons (Fsp3) is 0.152. The van der Waals surface area contributed by atoms with E-state index in [-0.39, 0.29) is 5.41 Å². The lowest BCUT2D eigenvalue weighted by molar-refractivity contribution is 0.515. The first-order chi connectivity index (χ1) is 18.0. The van der Waals surface area contributed by atoms with Gasteiger partial charge in [-0.2, -0.15) is 0 Å². The molecule has 180 valence electrons. The van der Waals surface area contributed by atoms with Crippen molar-refractivity contribution in [1.29, 1.82) is 0 Å². The van der Waals surface area contributed by atoms with Gasteiger partial charge in [-0.15, -0.1) is 0 Å². The Balaban J connectivity index is 1.33. The molecule has 0 aromatic heterocycles. The molecule has 2 N–H and O–H groups in total. The summed E-state index contributed by atoms with van der Waals surface area (Å²) in [5.74, 6) is 1.09. The van der Waals surface area contributed by atoms with Crippen LogP contribution in [-0.2, 0) is 12.0 Å². The van der Waals surface area contributed by atoms with Gasteiger partial charge in [0.2, 0.25) is 0 Å². The van der Waals surface area contributed by atoms with E-state index in [1.807, 2.05) is 72.8 Å². The minimum Gasteiger partial charge on any atom is -0.383 e. The Bertz CT molecular complexity index is 1440. The van der Waals surface area contributed by atoms with Crippen molar-refractivity contribution >= 4 is 30.6 Å². The molecule has 4 heteroatoms. The minimum atomic E-state index is 0.0855. The molecule has 4 aromatic rings. The molecular formula is C33H30BN3. The van der Waals surface area contributed by atoms with Crippen LogP contribution in [0.15, 0.2) is 125 Å². The van der Waals surface area contributed by atoms with E-state index >= 15 is 0 Å². The van der Waals surface area contributed by atoms with Gasteiger partial charge < -0.3 is 5.73 Å². The Morgan fingerprint density at radius 1 is 0.811 bits per heavy atom. The Hall–Kier alpha value is -4.18. The predicted molar refractivity (Wildman–Crippen MR) is 157 cm³/mol. The largest absolute Gasteiger partial charge is 0.383 e. The monoisotopic (exact) mass is 479 g/mol. The second-order valence-electron chi connectivity index (χ2n) is 9.86. The first kappa shape index (κ1) is 24.5. The van der Waals surface area contributed by atoms with Gasteiger partial charge in [-0.3, -0.25) is 4.99 Å². The van der Waals surface area contributed by atoms with Crippen molar-refractivity contribution in [3.8, 4) is 0 Å². The van der Waals surface area contributed by atoms with E-state index in [2.05, 4.69) is 49.4 Å². The summed E-state index contributed by atoms with van der Waals surface area (Å²) in [6.07, 6.45) is 4.40. The Morgan fingerprint density at radius 3 is 2.08 bits per heavy atom. The summed E-state index contributed by atoms with van der Waals surface area (Å²) >= 11 is 0. The van der Waals surface area contributed by atoms with Crippen molar-refractivity contribution in [2.45, 2.75) is 31.7 Å². The number of amidine groups is 2. The third-order valence-corrected chi connectivity index (χ3v) is 7.05. The van der Waals surface area contributed by atoms with E-state index in [9.17, 15) is 0 Å². The van der Waals surface area contributed by atoms with Crippen LogP contribution in [0.3, 0.4) is 0 Å². The summed E-state index contributed by atoms with van der Waals surface area (Å²) < 4.78 is 0. The molecule has 1 aliphatic rings. The number of nitrogens with two attached hydrogens (primary N) is 1. The molecule has 4 aromatic carbocycles. The lowest BCUT2D eigenvalue weighted by Crippen LogP contribution is -2.18. The second-order valence-corrected chi connectivity index (χ2v) is 9.86. The van der Waals surface area contributed by atoms with Crippen molar-refractivity contribution in [1.82, 2.24) is 0 Å². The second kappa shape index (κ2) is 10.8. The zero-order valence-electron chi connectivity index (χ0n) is 21.1. The number of nitrogens with zero attached hydrogens (tertiary/aromatic N) is 2. The molecule has 0 amide bonds. The number of allylic oxidation sites excluding steroid dienone is 2. The van der Waals surface area contributed by atoms with Crippen LogP contribution in [0.25, 0.3) is 5.57 Å². The van der Waals surface area contributed by atoms with Gasteiger partial charge in [-0.05, 0) is 40.5 Å². The Labute approximate surface area is 220 Å². The lowest BCUT2D eigenvalue weighted by atomic mass is 9.78. The summed E-state index contributed by atoms with van der Waals surface area (Å²) in [5, 5.41) is 0. The van der Waals surface area contributed by atoms with Crippen LogP contribution in [0.2, 0.25) is 0 Å². The summed E-state index contributed by atoms with van der Waals surface area (Å²) in [5.41, 5.74) is 14.2. The Morgan fingerprint density at radius 2 is 1.43 bits per heavy atom. The average Bonchev–Trinajstić information content (AvgIpc) is 3.35. The highest BCUT2D eigenvalue weighted by molar-refractivity contribution is 6.32. The summed E-state index contributed by atoms with van der Waals surface area (Å²) in [4.78, 5) is 9.56. The van der Waals surface area contributed by atoms with Gasteiger partial charge in [0, 0.05) is 11.1 Å². The van der Waals surface area contributed by atoms with Crippen LogP contribution in [-0.4, -0.2) is 19.5 Å². The molecule has 3 nitrogen and oxygen atoms in total. The van der Waals surface area contributed by atoms with Crippen molar-refractivity contribution in [2.75, 3.05) is 0 Å². The fourth-order valence-electron chi connectivity index (χ4n) is 4.79. The summed E-state index contributed by atoms with van der Waals surface area (Å²) in [6.45, 7) is 2.87. The highest BCUT2D eigenvalue weighted by Crippen LogP contribution is 2.43. The molecule has 0 saturated heterocycles. The highest BCUT2D eigenvalue weighted by atomic mass is 15.0. The van der Waals surface area contributed by atoms with E-state index in [4.69, 9.17) is 23.6 Å². The summed E-state index contributed by atoms with van der Waals surface area (Å²) in [7, 11) is 5.87. The van der Waals surface area contributed by atoms with Crippen LogP contribution in [0, 0.1) is 0 Å². The van der Waals surface area contributed by atoms with Gasteiger partial charge >= 0.3 is 0 Å². The molecule has 0 heterocycles. The smallest absolute Gasteiger partial charge is 0.157 e. The van der Waals surface area contributed by atoms with E-state index in [0.717, 1.165) is 35.0 Å². The molecule has 5 rings (SSSR count). The molecule has 1 aliphatic carbocycles. The normalized spacial score (nSPS) is 18.0. The van der Waals surface area contributed by atoms with Crippen molar-refractivity contribution in [2.24, 2.45) is 15.7 Å². The van der Waals surface area contributed by atoms with E-state index in [0.29, 0.717) is 18.2 Å². The quantitative estimate of drug-likeness (QED) is 0.207. The average molecular weight is 479 g/mol. The molecule has 0 aliphatic heterocycles. The molecule has 0 spiro atoms. The van der Waals surface area contributed by atoms with E-state index < -0.39 is 0 Å². The lowest BCUT2D eigenvalue weighted by Gasteiger charge is -2.25. The van der Waals surface area contributed by atoms with Gasteiger partial charge in [0.1, 0.15) is 13.7 Å². The predicted octanol–water partition coefficient (Wildman–Crippen LogP) is 5.97. The molecular weight excluding hydrogens is 449 g/mol. The van der Waals surface area contributed by atoms with Crippen LogP contribution in [0.1, 0.15) is 47.6 Å². The SMILES string of the molecule is [B]c1ccc(C2=CCC(C)(c3ccc(CN=C(N=C(N)c4ccccc4)c4ccccc4)cc3)C2)cc1. The van der Waals surface area contributed by atoms with Crippen molar-refractivity contribution in [3.63, 3.8) is 0 Å². The number of hydrogen-bond donors (Lipinski definition) is 1. The first-order valence-corrected chi connectivity index (χ1v) is 12.6. The maximum Gasteiger partial charge on any atom is 0.157 e. The highest BCUT2D eigenvalue weighted by Gasteiger charge is 2.31. The van der Waals surface area contributed by atoms with Crippen molar-refractivity contribution in [3.05, 3.63) is 143 Å². The fourth-order valence-corrected chi connectivity index (χ4v) is 4.79. The molecule has 0 bridgehead atoms. The zero-order chi connectivity index (χ0) is 25.7. The van der Waals surface area contributed by atoms with Gasteiger partial charge in [0.25, 0.3) is 0 Å². The van der Waals surface area contributed by atoms with E-state index in [1.54, 1.807) is 0 Å². The maximum absolute atomic E-state index is 6.33. The number of hydrogen-bond acceptors (Lipinski definition) is 1. The van der Waals surface area contributed by atoms with Gasteiger partial charge in [-0.25, -0.2) is 4.99 Å². The maximum atomic E-state index is 6.33. The number of aliphatic imine (C=N–C) groups is 2. The number of rotatable bonds is 6. The van der Waals surface area contributed by atoms with Crippen molar-refractivity contribution < 1.29 is 0 Å². The molecule has 0 fully saturated rings. The topological polar surface area (TPSA) is 50.7 Å². The van der Waals surface area contributed by atoms with E-state index in [1.165, 1.54) is 16.7 Å². The molecule has 2 radical (unpaired) electrons. The third-order valence-electron chi connectivity index (χ3n) is 7.05. The third kappa shape index (κ3) is 5.81. The molecule has 1 unspecified atom stereocenters. The molecule has 37 heavy (non-hydrogen) atoms. The number of benzene rings is 4. The minimum absolute atomic E-state index is 0.0855.